The van der Waals surface area contributed by atoms with Crippen molar-refractivity contribution in [1.82, 2.24) is 5.43 Å². The van der Waals surface area contributed by atoms with Gasteiger partial charge in [-0.25, -0.2) is 5.43 Å². The van der Waals surface area contributed by atoms with E-state index in [4.69, 9.17) is 16.3 Å². The number of amides is 1. The van der Waals surface area contributed by atoms with Crippen molar-refractivity contribution in [2.24, 2.45) is 5.10 Å². The Kier molecular flexibility index (Phi) is 6.01. The number of hydrogen-bond acceptors (Lipinski definition) is 4. The highest BCUT2D eigenvalue weighted by Gasteiger charge is 2.07. The van der Waals surface area contributed by atoms with E-state index in [1.54, 1.807) is 31.2 Å². The third-order valence-corrected chi connectivity index (χ3v) is 3.64. The maximum absolute atomic E-state index is 11.7. The third-order valence-electron chi connectivity index (χ3n) is 2.88. The molecule has 120 valence electrons. The number of halogens is 2. The maximum Gasteiger partial charge on any atom is 0.277 e. The van der Waals surface area contributed by atoms with Crippen LogP contribution in [-0.2, 0) is 4.79 Å². The van der Waals surface area contributed by atoms with Crippen molar-refractivity contribution in [2.45, 2.75) is 6.92 Å². The first-order valence-electron chi connectivity index (χ1n) is 6.66. The van der Waals surface area contributed by atoms with Crippen LogP contribution >= 0.6 is 27.5 Å². The fourth-order valence-electron chi connectivity index (χ4n) is 1.72. The molecule has 2 N–H and O–H groups in total. The van der Waals surface area contributed by atoms with Gasteiger partial charge in [-0.2, -0.15) is 5.10 Å². The summed E-state index contributed by atoms with van der Waals surface area (Å²) in [4.78, 5) is 11.7. The Hall–Kier alpha value is -2.05. The standard InChI is InChI=1S/C16H14BrClN2O3/c1-10(14-8-12(18)4-7-15(14)21)19-20-16(22)9-23-13-5-2-11(17)3-6-13/h2-8,21H,9H2,1H3,(H,20,22)/b19-10+. The minimum atomic E-state index is -0.409. The second-order valence-corrected chi connectivity index (χ2v) is 5.99. The van der Waals surface area contributed by atoms with E-state index in [9.17, 15) is 9.90 Å². The number of phenols is 1. The van der Waals surface area contributed by atoms with Crippen molar-refractivity contribution >= 4 is 39.1 Å². The van der Waals surface area contributed by atoms with Gasteiger partial charge < -0.3 is 9.84 Å². The van der Waals surface area contributed by atoms with Crippen molar-refractivity contribution in [1.29, 1.82) is 0 Å². The summed E-state index contributed by atoms with van der Waals surface area (Å²) in [7, 11) is 0. The number of aromatic hydroxyl groups is 1. The molecule has 1 amide bonds. The Balaban J connectivity index is 1.92. The first-order valence-corrected chi connectivity index (χ1v) is 7.83. The van der Waals surface area contributed by atoms with Crippen LogP contribution in [0.15, 0.2) is 52.0 Å². The number of carbonyl (C=O) groups is 1. The number of phenolic OH excluding ortho intramolecular Hbond substituents is 1. The highest BCUT2D eigenvalue weighted by atomic mass is 79.9. The largest absolute Gasteiger partial charge is 0.507 e. The molecule has 0 bridgehead atoms. The molecule has 0 radical (unpaired) electrons. The third kappa shape index (κ3) is 5.26. The second kappa shape index (κ2) is 7.99. The highest BCUT2D eigenvalue weighted by Crippen LogP contribution is 2.22. The van der Waals surface area contributed by atoms with Crippen molar-refractivity contribution < 1.29 is 14.6 Å². The normalized spacial score (nSPS) is 11.2. The zero-order valence-electron chi connectivity index (χ0n) is 12.2. The Morgan fingerprint density at radius 3 is 2.70 bits per heavy atom. The number of carbonyl (C=O) groups excluding carboxylic acids is 1. The predicted octanol–water partition coefficient (Wildman–Crippen LogP) is 3.73. The van der Waals surface area contributed by atoms with E-state index in [0.29, 0.717) is 22.0 Å². The molecule has 0 aliphatic heterocycles. The van der Waals surface area contributed by atoms with E-state index in [-0.39, 0.29) is 12.4 Å². The number of benzene rings is 2. The predicted molar refractivity (Wildman–Crippen MR) is 93.1 cm³/mol. The molecule has 0 heterocycles. The summed E-state index contributed by atoms with van der Waals surface area (Å²) in [6.07, 6.45) is 0. The van der Waals surface area contributed by atoms with Gasteiger partial charge in [-0.3, -0.25) is 4.79 Å². The molecule has 2 rings (SSSR count). The Morgan fingerprint density at radius 2 is 2.00 bits per heavy atom. The summed E-state index contributed by atoms with van der Waals surface area (Å²) >= 11 is 9.19. The summed E-state index contributed by atoms with van der Waals surface area (Å²) in [5, 5.41) is 14.2. The van der Waals surface area contributed by atoms with E-state index >= 15 is 0 Å². The van der Waals surface area contributed by atoms with Gasteiger partial charge in [0.1, 0.15) is 11.5 Å². The van der Waals surface area contributed by atoms with Crippen LogP contribution in [0.5, 0.6) is 11.5 Å². The first kappa shape index (κ1) is 17.3. The van der Waals surface area contributed by atoms with Crippen LogP contribution < -0.4 is 10.2 Å². The van der Waals surface area contributed by atoms with Gasteiger partial charge in [0, 0.05) is 15.1 Å². The van der Waals surface area contributed by atoms with Gasteiger partial charge in [0.2, 0.25) is 0 Å². The number of hydrogen-bond donors (Lipinski definition) is 2. The van der Waals surface area contributed by atoms with Gasteiger partial charge >= 0.3 is 0 Å². The molecule has 0 fully saturated rings. The lowest BCUT2D eigenvalue weighted by molar-refractivity contribution is -0.123. The van der Waals surface area contributed by atoms with E-state index < -0.39 is 5.91 Å². The van der Waals surface area contributed by atoms with Gasteiger partial charge in [0.15, 0.2) is 6.61 Å². The first-order chi connectivity index (χ1) is 11.0. The monoisotopic (exact) mass is 396 g/mol. The van der Waals surface area contributed by atoms with E-state index in [1.165, 1.54) is 6.07 Å². The fraction of sp³-hybridized carbons (Fsp3) is 0.125. The molecule has 5 nitrogen and oxygen atoms in total. The van der Waals surface area contributed by atoms with Crippen LogP contribution in [0.1, 0.15) is 12.5 Å². The van der Waals surface area contributed by atoms with Crippen LogP contribution in [0.4, 0.5) is 0 Å². The van der Waals surface area contributed by atoms with Gasteiger partial charge in [-0.15, -0.1) is 0 Å². The Labute approximate surface area is 147 Å². The minimum Gasteiger partial charge on any atom is -0.507 e. The quantitative estimate of drug-likeness (QED) is 0.596. The second-order valence-electron chi connectivity index (χ2n) is 4.64. The molecule has 0 saturated heterocycles. The van der Waals surface area contributed by atoms with Gasteiger partial charge in [0.25, 0.3) is 5.91 Å². The molecule has 0 spiro atoms. The van der Waals surface area contributed by atoms with Crippen molar-refractivity contribution in [2.75, 3.05) is 6.61 Å². The van der Waals surface area contributed by atoms with Gasteiger partial charge in [-0.1, -0.05) is 27.5 Å². The highest BCUT2D eigenvalue weighted by molar-refractivity contribution is 9.10. The zero-order chi connectivity index (χ0) is 16.8. The average molecular weight is 398 g/mol. The van der Waals surface area contributed by atoms with Crippen LogP contribution in [0, 0.1) is 0 Å². The molecule has 0 saturated carbocycles. The zero-order valence-corrected chi connectivity index (χ0v) is 14.6. The molecule has 0 aromatic heterocycles. The molecule has 2 aromatic rings. The van der Waals surface area contributed by atoms with E-state index in [2.05, 4.69) is 26.5 Å². The van der Waals surface area contributed by atoms with E-state index in [1.807, 2.05) is 12.1 Å². The number of rotatable bonds is 5. The molecule has 23 heavy (non-hydrogen) atoms. The molecule has 7 heteroatoms. The summed E-state index contributed by atoms with van der Waals surface area (Å²) in [5.74, 6) is 0.210. The molecule has 0 aliphatic carbocycles. The molecular formula is C16H14BrClN2O3. The maximum atomic E-state index is 11.7. The number of nitrogens with one attached hydrogen (secondary N) is 1. The lowest BCUT2D eigenvalue weighted by Crippen LogP contribution is -2.25. The SMILES string of the molecule is C/C(=N\NC(=O)COc1ccc(Br)cc1)c1cc(Cl)ccc1O. The molecule has 2 aromatic carbocycles. The van der Waals surface area contributed by atoms with Gasteiger partial charge in [-0.05, 0) is 49.4 Å². The van der Waals surface area contributed by atoms with Crippen LogP contribution in [0.25, 0.3) is 0 Å². The van der Waals surface area contributed by atoms with Crippen molar-refractivity contribution in [3.8, 4) is 11.5 Å². The van der Waals surface area contributed by atoms with Crippen LogP contribution in [0.2, 0.25) is 5.02 Å². The number of hydrazone groups is 1. The summed E-state index contributed by atoms with van der Waals surface area (Å²) in [5.41, 5.74) is 3.25. The minimum absolute atomic E-state index is 0.0380. The van der Waals surface area contributed by atoms with Crippen LogP contribution in [-0.4, -0.2) is 23.3 Å². The molecule has 0 atom stereocenters. The van der Waals surface area contributed by atoms with E-state index in [0.717, 1.165) is 4.47 Å². The Bertz CT molecular complexity index is 733. The fourth-order valence-corrected chi connectivity index (χ4v) is 2.15. The smallest absolute Gasteiger partial charge is 0.277 e. The molecule has 0 unspecified atom stereocenters. The summed E-state index contributed by atoms with van der Waals surface area (Å²) in [6, 6.07) is 11.7. The van der Waals surface area contributed by atoms with Crippen molar-refractivity contribution in [3.05, 3.63) is 57.5 Å². The van der Waals surface area contributed by atoms with Crippen LogP contribution in [0.3, 0.4) is 0 Å². The number of nitrogens with zero attached hydrogens (tertiary/aromatic N) is 1. The average Bonchev–Trinajstić information content (AvgIpc) is 2.54. The van der Waals surface area contributed by atoms with Gasteiger partial charge in [0.05, 0.1) is 5.71 Å². The van der Waals surface area contributed by atoms with Crippen molar-refractivity contribution in [3.63, 3.8) is 0 Å². The molecular weight excluding hydrogens is 384 g/mol. The summed E-state index contributed by atoms with van der Waals surface area (Å²) in [6.45, 7) is 1.49. The lowest BCUT2D eigenvalue weighted by atomic mass is 10.1. The molecule has 0 aliphatic rings. The topological polar surface area (TPSA) is 70.9 Å². The Morgan fingerprint density at radius 1 is 1.30 bits per heavy atom. The summed E-state index contributed by atoms with van der Waals surface area (Å²) < 4.78 is 6.26. The lowest BCUT2D eigenvalue weighted by Gasteiger charge is -2.07. The number of ether oxygens (including phenoxy) is 1.